The molecule has 34 heavy (non-hydrogen) atoms. The Balaban J connectivity index is 2.09. The van der Waals surface area contributed by atoms with Crippen molar-refractivity contribution in [2.45, 2.75) is 25.4 Å². The lowest BCUT2D eigenvalue weighted by Crippen LogP contribution is -2.45. The molecule has 0 aliphatic rings. The average Bonchev–Trinajstić information content (AvgIpc) is 3.34. The van der Waals surface area contributed by atoms with Gasteiger partial charge >= 0.3 is 6.16 Å². The largest absolute Gasteiger partial charge is 0.508 e. The van der Waals surface area contributed by atoms with Crippen LogP contribution in [0.2, 0.25) is 0 Å². The number of hydrogen-bond acceptors (Lipinski definition) is 7. The molecule has 9 nitrogen and oxygen atoms in total. The second-order valence-electron chi connectivity index (χ2n) is 7.13. The fraction of sp³-hybridized carbons (Fsp3) is 0.375. The summed E-state index contributed by atoms with van der Waals surface area (Å²) >= 11 is 2.16. The number of rotatable bonds is 13. The summed E-state index contributed by atoms with van der Waals surface area (Å²) in [4.78, 5) is 38.7. The lowest BCUT2D eigenvalue weighted by Gasteiger charge is -2.31. The summed E-state index contributed by atoms with van der Waals surface area (Å²) < 4.78 is 20.5. The molecule has 0 aliphatic carbocycles. The van der Waals surface area contributed by atoms with Crippen LogP contribution in [0.1, 0.15) is 30.2 Å². The van der Waals surface area contributed by atoms with Crippen molar-refractivity contribution in [1.82, 2.24) is 10.2 Å². The van der Waals surface area contributed by atoms with Crippen LogP contribution >= 0.6 is 22.6 Å². The van der Waals surface area contributed by atoms with Gasteiger partial charge in [-0.15, -0.1) is 0 Å². The number of carbonyl (C=O) groups is 3. The van der Waals surface area contributed by atoms with Gasteiger partial charge in [-0.25, -0.2) is 4.79 Å². The van der Waals surface area contributed by atoms with Gasteiger partial charge < -0.3 is 28.8 Å². The van der Waals surface area contributed by atoms with Gasteiger partial charge in [0.2, 0.25) is 11.8 Å². The normalized spacial score (nSPS) is 11.7. The summed E-state index contributed by atoms with van der Waals surface area (Å²) in [7, 11) is 2.69. The summed E-state index contributed by atoms with van der Waals surface area (Å²) in [6, 6.07) is 10.1. The predicted molar refractivity (Wildman–Crippen MR) is 133 cm³/mol. The van der Waals surface area contributed by atoms with E-state index in [4.69, 9.17) is 13.9 Å². The van der Waals surface area contributed by atoms with Crippen LogP contribution in [0.5, 0.6) is 0 Å². The number of allylic oxidation sites excluding steroid dienone is 1. The third-order valence-electron chi connectivity index (χ3n) is 4.73. The highest BCUT2D eigenvalue weighted by Crippen LogP contribution is 2.28. The first-order valence-electron chi connectivity index (χ1n) is 10.7. The minimum atomic E-state index is -0.857. The molecule has 1 aromatic heterocycles. The lowest BCUT2D eigenvalue weighted by molar-refractivity contribution is -0.144. The van der Waals surface area contributed by atoms with Crippen LogP contribution in [0, 0.1) is 3.57 Å². The van der Waals surface area contributed by atoms with Crippen LogP contribution in [0.15, 0.2) is 59.2 Å². The topological polar surface area (TPSA) is 107 Å². The molecule has 1 N–H and O–H groups in total. The van der Waals surface area contributed by atoms with Crippen molar-refractivity contribution in [3.63, 3.8) is 0 Å². The van der Waals surface area contributed by atoms with Crippen LogP contribution in [0.3, 0.4) is 0 Å². The molecule has 1 atom stereocenters. The van der Waals surface area contributed by atoms with Gasteiger partial charge in [0.25, 0.3) is 0 Å². The van der Waals surface area contributed by atoms with Gasteiger partial charge in [0, 0.05) is 17.2 Å². The second-order valence-corrected chi connectivity index (χ2v) is 8.29. The minimum Gasteiger partial charge on any atom is -0.467 e. The molecular weight excluding hydrogens is 555 g/mol. The van der Waals surface area contributed by atoms with E-state index in [1.807, 2.05) is 30.3 Å². The highest BCUT2D eigenvalue weighted by Gasteiger charge is 2.33. The van der Waals surface area contributed by atoms with E-state index in [2.05, 4.69) is 32.6 Å². The number of furan rings is 1. The van der Waals surface area contributed by atoms with Crippen LogP contribution in [-0.2, 0) is 30.3 Å². The Morgan fingerprint density at radius 3 is 2.62 bits per heavy atom. The maximum absolute atomic E-state index is 13.3. The maximum atomic E-state index is 13.3. The minimum absolute atomic E-state index is 0.122. The van der Waals surface area contributed by atoms with Crippen LogP contribution < -0.4 is 5.32 Å². The van der Waals surface area contributed by atoms with Crippen LogP contribution in [0.25, 0.3) is 0 Å². The lowest BCUT2D eigenvalue weighted by atomic mass is 10.0. The van der Waals surface area contributed by atoms with Crippen LogP contribution in [-0.4, -0.2) is 56.8 Å². The number of amides is 2. The van der Waals surface area contributed by atoms with Crippen molar-refractivity contribution < 1.29 is 33.0 Å². The van der Waals surface area contributed by atoms with E-state index in [0.29, 0.717) is 25.1 Å². The summed E-state index contributed by atoms with van der Waals surface area (Å²) in [6.45, 7) is 0.498. The Hall–Kier alpha value is -2.86. The molecule has 10 heteroatoms. The quantitative estimate of drug-likeness (QED) is 0.165. The van der Waals surface area contributed by atoms with Gasteiger partial charge in [-0.1, -0.05) is 30.4 Å². The molecule has 2 aromatic rings. The number of benzene rings is 1. The number of carbonyl (C=O) groups excluding carboxylic acids is 3. The van der Waals surface area contributed by atoms with E-state index in [9.17, 15) is 14.4 Å². The van der Waals surface area contributed by atoms with E-state index in [1.54, 1.807) is 18.2 Å². The van der Waals surface area contributed by atoms with Gasteiger partial charge in [-0.05, 0) is 59.2 Å². The zero-order valence-electron chi connectivity index (χ0n) is 19.2. The molecule has 0 radical (unpaired) electrons. The van der Waals surface area contributed by atoms with Gasteiger partial charge in [0.1, 0.15) is 25.0 Å². The van der Waals surface area contributed by atoms with Crippen molar-refractivity contribution in [3.8, 4) is 0 Å². The Morgan fingerprint density at radius 2 is 1.94 bits per heavy atom. The summed E-state index contributed by atoms with van der Waals surface area (Å²) in [5.74, 6) is -0.0575. The Morgan fingerprint density at radius 1 is 1.15 bits per heavy atom. The smallest absolute Gasteiger partial charge is 0.467 e. The SMILES string of the molecule is COCC(=O)N(Cc1ccco1)C(C(=O)NCCC/C=C/COC(=O)OC)c1ccccc1I. The fourth-order valence-electron chi connectivity index (χ4n) is 3.14. The number of nitrogens with one attached hydrogen (secondary N) is 1. The predicted octanol–water partition coefficient (Wildman–Crippen LogP) is 3.84. The van der Waals surface area contributed by atoms with Crippen molar-refractivity contribution in [1.29, 1.82) is 0 Å². The monoisotopic (exact) mass is 584 g/mol. The van der Waals surface area contributed by atoms with E-state index >= 15 is 0 Å². The molecule has 0 saturated carbocycles. The first-order chi connectivity index (χ1) is 16.5. The van der Waals surface area contributed by atoms with Gasteiger partial charge in [0.05, 0.1) is 19.9 Å². The molecule has 0 bridgehead atoms. The van der Waals surface area contributed by atoms with Crippen LogP contribution in [0.4, 0.5) is 4.79 Å². The number of ether oxygens (including phenoxy) is 3. The maximum Gasteiger partial charge on any atom is 0.508 e. The molecule has 0 spiro atoms. The highest BCUT2D eigenvalue weighted by molar-refractivity contribution is 14.1. The van der Waals surface area contributed by atoms with Gasteiger partial charge in [-0.3, -0.25) is 9.59 Å². The fourth-order valence-corrected chi connectivity index (χ4v) is 3.82. The number of hydrogen-bond donors (Lipinski definition) is 1. The number of methoxy groups -OCH3 is 2. The first-order valence-corrected chi connectivity index (χ1v) is 11.7. The number of nitrogens with zero attached hydrogens (tertiary/aromatic N) is 1. The Kier molecular flexibility index (Phi) is 12.2. The van der Waals surface area contributed by atoms with E-state index in [-0.39, 0.29) is 31.6 Å². The molecule has 2 rings (SSSR count). The second kappa shape index (κ2) is 15.1. The van der Waals surface area contributed by atoms with Gasteiger partial charge in [-0.2, -0.15) is 0 Å². The zero-order chi connectivity index (χ0) is 24.8. The molecule has 1 heterocycles. The summed E-state index contributed by atoms with van der Waals surface area (Å²) in [5, 5.41) is 2.94. The molecule has 1 unspecified atom stereocenters. The summed E-state index contributed by atoms with van der Waals surface area (Å²) in [6.07, 6.45) is 5.71. The number of unbranched alkanes of at least 4 members (excludes halogenated alkanes) is 1. The molecule has 0 fully saturated rings. The standard InChI is InChI=1S/C24H29IN2O7/c1-31-17-21(28)27(16-18-10-9-15-33-18)22(19-11-5-6-12-20(19)25)23(29)26-13-7-3-4-8-14-34-24(30)32-2/h4-6,8-12,15,22H,3,7,13-14,16-17H2,1-2H3,(H,26,29)/b8-4+. The molecule has 0 saturated heterocycles. The third-order valence-corrected chi connectivity index (χ3v) is 5.71. The van der Waals surface area contributed by atoms with E-state index in [1.165, 1.54) is 25.4 Å². The average molecular weight is 584 g/mol. The van der Waals surface area contributed by atoms with Crippen molar-refractivity contribution in [2.75, 3.05) is 34.0 Å². The molecule has 0 aliphatic heterocycles. The third kappa shape index (κ3) is 8.82. The Bertz CT molecular complexity index is 947. The molecule has 2 amide bonds. The number of halogens is 1. The van der Waals surface area contributed by atoms with Crippen molar-refractivity contribution in [2.24, 2.45) is 0 Å². The Labute approximate surface area is 212 Å². The van der Waals surface area contributed by atoms with E-state index in [0.717, 1.165) is 9.13 Å². The highest BCUT2D eigenvalue weighted by atomic mass is 127. The van der Waals surface area contributed by atoms with E-state index < -0.39 is 12.2 Å². The molecular formula is C24H29IN2O7. The zero-order valence-corrected chi connectivity index (χ0v) is 21.4. The van der Waals surface area contributed by atoms with Crippen molar-refractivity contribution in [3.05, 3.63) is 69.7 Å². The van der Waals surface area contributed by atoms with Gasteiger partial charge in [0.15, 0.2) is 0 Å². The molecule has 1 aromatic carbocycles. The first kappa shape index (κ1) is 27.4. The summed E-state index contributed by atoms with van der Waals surface area (Å²) in [5.41, 5.74) is 0.719. The van der Waals surface area contributed by atoms with Crippen molar-refractivity contribution >= 4 is 40.6 Å². The molecule has 184 valence electrons.